The van der Waals surface area contributed by atoms with Crippen LogP contribution in [-0.4, -0.2) is 9.55 Å². The van der Waals surface area contributed by atoms with Crippen molar-refractivity contribution >= 4 is 11.0 Å². The first-order chi connectivity index (χ1) is 12.7. The van der Waals surface area contributed by atoms with Gasteiger partial charge in [0.05, 0.1) is 22.7 Å². The number of benzene rings is 3. The van der Waals surface area contributed by atoms with Crippen LogP contribution in [0.2, 0.25) is 0 Å². The van der Waals surface area contributed by atoms with E-state index in [0.717, 1.165) is 28.0 Å². The Bertz CT molecular complexity index is 1130. The average molecular weight is 337 g/mol. The second kappa shape index (κ2) is 6.50. The quantitative estimate of drug-likeness (QED) is 0.513. The average Bonchev–Trinajstić information content (AvgIpc) is 3.03. The van der Waals surface area contributed by atoms with Gasteiger partial charge in [-0.25, -0.2) is 4.98 Å². The normalized spacial score (nSPS) is 10.8. The van der Waals surface area contributed by atoms with Gasteiger partial charge in [-0.2, -0.15) is 5.26 Å². The molecule has 0 radical (unpaired) electrons. The van der Waals surface area contributed by atoms with Crippen molar-refractivity contribution in [2.45, 2.75) is 20.4 Å². The Kier molecular flexibility index (Phi) is 4.02. The molecule has 4 rings (SSSR count). The van der Waals surface area contributed by atoms with Crippen LogP contribution in [0.25, 0.3) is 22.4 Å². The van der Waals surface area contributed by atoms with Crippen molar-refractivity contribution in [2.75, 3.05) is 0 Å². The molecule has 1 aromatic heterocycles. The van der Waals surface area contributed by atoms with Gasteiger partial charge < -0.3 is 4.57 Å². The molecule has 0 bridgehead atoms. The van der Waals surface area contributed by atoms with Crippen LogP contribution in [0.3, 0.4) is 0 Å². The van der Waals surface area contributed by atoms with Gasteiger partial charge in [0.15, 0.2) is 0 Å². The molecular formula is C23H19N3. The van der Waals surface area contributed by atoms with Gasteiger partial charge in [0.25, 0.3) is 0 Å². The molecule has 0 aliphatic heterocycles. The topological polar surface area (TPSA) is 41.6 Å². The SMILES string of the molecule is Cc1ccc(-c2nc3ccccc3n2Cc2ccc(C#N)cc2)cc1C. The summed E-state index contributed by atoms with van der Waals surface area (Å²) in [6, 6.07) is 24.6. The molecule has 4 aromatic rings. The van der Waals surface area contributed by atoms with Crippen molar-refractivity contribution < 1.29 is 0 Å². The lowest BCUT2D eigenvalue weighted by Gasteiger charge is -2.11. The van der Waals surface area contributed by atoms with Gasteiger partial charge in [-0.3, -0.25) is 0 Å². The third kappa shape index (κ3) is 2.87. The minimum Gasteiger partial charge on any atom is -0.319 e. The number of rotatable bonds is 3. The zero-order chi connectivity index (χ0) is 18.1. The van der Waals surface area contributed by atoms with Crippen LogP contribution in [0.4, 0.5) is 0 Å². The molecule has 0 atom stereocenters. The van der Waals surface area contributed by atoms with E-state index >= 15 is 0 Å². The second-order valence-corrected chi connectivity index (χ2v) is 6.62. The van der Waals surface area contributed by atoms with Crippen LogP contribution in [0, 0.1) is 25.2 Å². The van der Waals surface area contributed by atoms with Crippen LogP contribution in [0.5, 0.6) is 0 Å². The summed E-state index contributed by atoms with van der Waals surface area (Å²) < 4.78 is 2.25. The first-order valence-corrected chi connectivity index (χ1v) is 8.67. The number of para-hydroxylation sites is 2. The fraction of sp³-hybridized carbons (Fsp3) is 0.130. The van der Waals surface area contributed by atoms with Crippen LogP contribution in [0.15, 0.2) is 66.7 Å². The smallest absolute Gasteiger partial charge is 0.141 e. The van der Waals surface area contributed by atoms with Crippen LogP contribution >= 0.6 is 0 Å². The van der Waals surface area contributed by atoms with E-state index in [2.05, 4.69) is 54.8 Å². The van der Waals surface area contributed by atoms with Crippen molar-refractivity contribution in [2.24, 2.45) is 0 Å². The molecule has 0 aliphatic carbocycles. The van der Waals surface area contributed by atoms with Gasteiger partial charge in [-0.05, 0) is 60.9 Å². The number of aryl methyl sites for hydroxylation is 2. The summed E-state index contributed by atoms with van der Waals surface area (Å²) in [6.07, 6.45) is 0. The van der Waals surface area contributed by atoms with E-state index in [4.69, 9.17) is 10.2 Å². The molecule has 3 heteroatoms. The third-order valence-electron chi connectivity index (χ3n) is 4.84. The maximum atomic E-state index is 9.00. The van der Waals surface area contributed by atoms with E-state index in [-0.39, 0.29) is 0 Å². The minimum atomic E-state index is 0.679. The summed E-state index contributed by atoms with van der Waals surface area (Å²) in [5.41, 5.74) is 7.61. The molecule has 1 heterocycles. The first-order valence-electron chi connectivity index (χ1n) is 8.67. The highest BCUT2D eigenvalue weighted by Gasteiger charge is 2.13. The van der Waals surface area contributed by atoms with Crippen molar-refractivity contribution in [1.82, 2.24) is 9.55 Å². The molecule has 0 saturated carbocycles. The molecule has 0 spiro atoms. The van der Waals surface area contributed by atoms with E-state index < -0.39 is 0 Å². The lowest BCUT2D eigenvalue weighted by Crippen LogP contribution is -2.02. The summed E-state index contributed by atoms with van der Waals surface area (Å²) in [7, 11) is 0. The summed E-state index contributed by atoms with van der Waals surface area (Å²) in [6.45, 7) is 4.97. The van der Waals surface area contributed by atoms with E-state index in [1.807, 2.05) is 36.4 Å². The predicted octanol–water partition coefficient (Wildman–Crippen LogP) is 5.24. The summed E-state index contributed by atoms with van der Waals surface area (Å²) in [5, 5.41) is 9.00. The van der Waals surface area contributed by atoms with Crippen molar-refractivity contribution in [1.29, 1.82) is 5.26 Å². The Labute approximate surface area is 153 Å². The van der Waals surface area contributed by atoms with Gasteiger partial charge in [0.1, 0.15) is 5.82 Å². The number of nitriles is 1. The molecule has 0 saturated heterocycles. The molecule has 0 amide bonds. The lowest BCUT2D eigenvalue weighted by molar-refractivity contribution is 0.834. The fourth-order valence-electron chi connectivity index (χ4n) is 3.20. The Morgan fingerprint density at radius 3 is 2.42 bits per heavy atom. The van der Waals surface area contributed by atoms with E-state index in [1.54, 1.807) is 0 Å². The number of hydrogen-bond acceptors (Lipinski definition) is 2. The summed E-state index contributed by atoms with van der Waals surface area (Å²) >= 11 is 0. The van der Waals surface area contributed by atoms with Crippen molar-refractivity contribution in [3.8, 4) is 17.5 Å². The van der Waals surface area contributed by atoms with Gasteiger partial charge in [-0.15, -0.1) is 0 Å². The van der Waals surface area contributed by atoms with E-state index in [9.17, 15) is 0 Å². The number of hydrogen-bond donors (Lipinski definition) is 0. The highest BCUT2D eigenvalue weighted by molar-refractivity contribution is 5.81. The van der Waals surface area contributed by atoms with E-state index in [0.29, 0.717) is 12.1 Å². The van der Waals surface area contributed by atoms with Gasteiger partial charge in [-0.1, -0.05) is 36.4 Å². The number of fused-ring (bicyclic) bond motifs is 1. The number of nitrogens with zero attached hydrogens (tertiary/aromatic N) is 3. The van der Waals surface area contributed by atoms with Gasteiger partial charge in [0, 0.05) is 12.1 Å². The zero-order valence-corrected chi connectivity index (χ0v) is 14.9. The highest BCUT2D eigenvalue weighted by atomic mass is 15.1. The Hall–Kier alpha value is -3.38. The lowest BCUT2D eigenvalue weighted by atomic mass is 10.1. The molecule has 3 nitrogen and oxygen atoms in total. The molecule has 0 fully saturated rings. The molecule has 26 heavy (non-hydrogen) atoms. The van der Waals surface area contributed by atoms with Gasteiger partial charge >= 0.3 is 0 Å². The molecule has 126 valence electrons. The minimum absolute atomic E-state index is 0.679. The monoisotopic (exact) mass is 337 g/mol. The largest absolute Gasteiger partial charge is 0.319 e. The fourth-order valence-corrected chi connectivity index (χ4v) is 3.20. The number of imidazole rings is 1. The van der Waals surface area contributed by atoms with Crippen molar-refractivity contribution in [3.63, 3.8) is 0 Å². The second-order valence-electron chi connectivity index (χ2n) is 6.62. The molecular weight excluding hydrogens is 318 g/mol. The maximum absolute atomic E-state index is 9.00. The number of aromatic nitrogens is 2. The van der Waals surface area contributed by atoms with Crippen molar-refractivity contribution in [3.05, 3.63) is 89.0 Å². The Morgan fingerprint density at radius 1 is 0.923 bits per heavy atom. The molecule has 0 aliphatic rings. The molecule has 3 aromatic carbocycles. The highest BCUT2D eigenvalue weighted by Crippen LogP contribution is 2.27. The van der Waals surface area contributed by atoms with E-state index in [1.165, 1.54) is 11.1 Å². The zero-order valence-electron chi connectivity index (χ0n) is 14.9. The Morgan fingerprint density at radius 2 is 1.69 bits per heavy atom. The summed E-state index contributed by atoms with van der Waals surface area (Å²) in [5.74, 6) is 0.971. The van der Waals surface area contributed by atoms with Crippen LogP contribution < -0.4 is 0 Å². The van der Waals surface area contributed by atoms with Crippen LogP contribution in [-0.2, 0) is 6.54 Å². The van der Waals surface area contributed by atoms with Crippen LogP contribution in [0.1, 0.15) is 22.3 Å². The predicted molar refractivity (Wildman–Crippen MR) is 105 cm³/mol. The standard InChI is InChI=1S/C23H19N3/c1-16-7-12-20(13-17(16)2)23-25-21-5-3-4-6-22(21)26(23)15-19-10-8-18(14-24)9-11-19/h3-13H,15H2,1-2H3. The summed E-state index contributed by atoms with van der Waals surface area (Å²) in [4.78, 5) is 4.89. The first kappa shape index (κ1) is 16.1. The Balaban J connectivity index is 1.86. The maximum Gasteiger partial charge on any atom is 0.141 e. The molecule has 0 N–H and O–H groups in total. The van der Waals surface area contributed by atoms with Gasteiger partial charge in [0.2, 0.25) is 0 Å². The third-order valence-corrected chi connectivity index (χ3v) is 4.84. The molecule has 0 unspecified atom stereocenters.